The van der Waals surface area contributed by atoms with E-state index in [2.05, 4.69) is 9.57 Å². The molecule has 0 aliphatic carbocycles. The number of ether oxygens (including phenoxy) is 1. The fourth-order valence-corrected chi connectivity index (χ4v) is 0.656. The summed E-state index contributed by atoms with van der Waals surface area (Å²) in [5, 5.41) is 0. The third-order valence-electron chi connectivity index (χ3n) is 1.28. The zero-order valence-electron chi connectivity index (χ0n) is 6.58. The van der Waals surface area contributed by atoms with Gasteiger partial charge in [0, 0.05) is 0 Å². The van der Waals surface area contributed by atoms with Crippen molar-refractivity contribution in [2.24, 2.45) is 11.6 Å². The second-order valence-electron chi connectivity index (χ2n) is 2.14. The summed E-state index contributed by atoms with van der Waals surface area (Å²) in [5.74, 6) is 4.37. The lowest BCUT2D eigenvalue weighted by Crippen LogP contribution is -2.31. The number of carbonyl (C=O) groups excluding carboxylic acids is 1. The highest BCUT2D eigenvalue weighted by molar-refractivity contribution is 5.75. The summed E-state index contributed by atoms with van der Waals surface area (Å²) in [7, 11) is 1.31. The van der Waals surface area contributed by atoms with Crippen LogP contribution in [0.4, 0.5) is 0 Å². The zero-order valence-corrected chi connectivity index (χ0v) is 6.58. The molecular formula is C6H14N2O3. The van der Waals surface area contributed by atoms with Gasteiger partial charge in [0.05, 0.1) is 13.7 Å². The van der Waals surface area contributed by atoms with E-state index in [9.17, 15) is 4.79 Å². The summed E-state index contributed by atoms with van der Waals surface area (Å²) in [6, 6.07) is -0.560. The van der Waals surface area contributed by atoms with Crippen molar-refractivity contribution in [2.75, 3.05) is 13.7 Å². The molecule has 0 radical (unpaired) electrons. The second kappa shape index (κ2) is 6.09. The van der Waals surface area contributed by atoms with Gasteiger partial charge < -0.3 is 15.3 Å². The Kier molecular flexibility index (Phi) is 5.73. The van der Waals surface area contributed by atoms with Crippen molar-refractivity contribution < 1.29 is 14.4 Å². The summed E-state index contributed by atoms with van der Waals surface area (Å²) in [4.78, 5) is 15.0. The number of esters is 1. The van der Waals surface area contributed by atoms with Gasteiger partial charge >= 0.3 is 5.97 Å². The highest BCUT2D eigenvalue weighted by atomic mass is 16.6. The van der Waals surface area contributed by atoms with E-state index in [1.54, 1.807) is 0 Å². The highest BCUT2D eigenvalue weighted by Crippen LogP contribution is 1.95. The first-order valence-electron chi connectivity index (χ1n) is 3.37. The van der Waals surface area contributed by atoms with E-state index in [4.69, 9.17) is 11.6 Å². The van der Waals surface area contributed by atoms with Crippen LogP contribution < -0.4 is 11.6 Å². The van der Waals surface area contributed by atoms with Crippen LogP contribution in [0, 0.1) is 0 Å². The van der Waals surface area contributed by atoms with E-state index in [1.807, 2.05) is 0 Å². The lowest BCUT2D eigenvalue weighted by Gasteiger charge is -2.07. The summed E-state index contributed by atoms with van der Waals surface area (Å²) in [5.41, 5.74) is 5.40. The van der Waals surface area contributed by atoms with Gasteiger partial charge in [-0.1, -0.05) is 0 Å². The molecule has 5 heteroatoms. The van der Waals surface area contributed by atoms with E-state index < -0.39 is 12.0 Å². The maximum atomic E-state index is 10.7. The van der Waals surface area contributed by atoms with Crippen molar-refractivity contribution in [1.82, 2.24) is 0 Å². The van der Waals surface area contributed by atoms with E-state index in [0.29, 0.717) is 19.4 Å². The molecule has 0 saturated heterocycles. The van der Waals surface area contributed by atoms with Gasteiger partial charge in [-0.3, -0.25) is 4.79 Å². The lowest BCUT2D eigenvalue weighted by molar-refractivity contribution is -0.142. The van der Waals surface area contributed by atoms with Crippen molar-refractivity contribution in [3.8, 4) is 0 Å². The van der Waals surface area contributed by atoms with Crippen LogP contribution in [0.15, 0.2) is 0 Å². The van der Waals surface area contributed by atoms with Crippen molar-refractivity contribution in [2.45, 2.75) is 18.9 Å². The molecule has 0 heterocycles. The van der Waals surface area contributed by atoms with Gasteiger partial charge in [0.15, 0.2) is 0 Å². The van der Waals surface area contributed by atoms with Crippen LogP contribution >= 0.6 is 0 Å². The molecule has 0 rings (SSSR count). The minimum Gasteiger partial charge on any atom is -0.468 e. The summed E-state index contributed by atoms with van der Waals surface area (Å²) in [6.45, 7) is 0.407. The van der Waals surface area contributed by atoms with Gasteiger partial charge in [0.25, 0.3) is 0 Å². The molecule has 5 nitrogen and oxygen atoms in total. The van der Waals surface area contributed by atoms with Crippen molar-refractivity contribution in [3.63, 3.8) is 0 Å². The maximum Gasteiger partial charge on any atom is 0.322 e. The molecule has 0 aliphatic rings. The molecule has 0 saturated carbocycles. The molecule has 0 fully saturated rings. The van der Waals surface area contributed by atoms with E-state index in [1.165, 1.54) is 7.11 Å². The highest BCUT2D eigenvalue weighted by Gasteiger charge is 2.12. The number of methoxy groups -OCH3 is 1. The van der Waals surface area contributed by atoms with Crippen LogP contribution in [0.3, 0.4) is 0 Å². The Balaban J connectivity index is 3.36. The topological polar surface area (TPSA) is 87.6 Å². The largest absolute Gasteiger partial charge is 0.468 e. The molecule has 0 spiro atoms. The van der Waals surface area contributed by atoms with Gasteiger partial charge in [0.1, 0.15) is 6.04 Å². The van der Waals surface area contributed by atoms with Crippen LogP contribution in [0.5, 0.6) is 0 Å². The number of carbonyl (C=O) groups is 1. The number of nitrogens with two attached hydrogens (primary N) is 2. The number of hydrogen-bond donors (Lipinski definition) is 2. The molecule has 0 aromatic rings. The van der Waals surface area contributed by atoms with E-state index in [-0.39, 0.29) is 0 Å². The maximum absolute atomic E-state index is 10.7. The molecule has 0 aromatic heterocycles. The number of rotatable bonds is 5. The number of hydrogen-bond acceptors (Lipinski definition) is 5. The molecule has 0 aromatic carbocycles. The van der Waals surface area contributed by atoms with Crippen LogP contribution in [0.1, 0.15) is 12.8 Å². The fourth-order valence-electron chi connectivity index (χ4n) is 0.656. The Morgan fingerprint density at radius 1 is 1.64 bits per heavy atom. The van der Waals surface area contributed by atoms with Gasteiger partial charge in [-0.2, -0.15) is 0 Å². The Bertz CT molecular complexity index is 118. The molecule has 11 heavy (non-hydrogen) atoms. The molecule has 0 amide bonds. The Hall–Kier alpha value is -0.650. The summed E-state index contributed by atoms with van der Waals surface area (Å²) >= 11 is 0. The van der Waals surface area contributed by atoms with E-state index in [0.717, 1.165) is 0 Å². The molecular weight excluding hydrogens is 148 g/mol. The summed E-state index contributed by atoms with van der Waals surface area (Å²) < 4.78 is 4.41. The van der Waals surface area contributed by atoms with Gasteiger partial charge in [-0.05, 0) is 12.8 Å². The molecule has 0 unspecified atom stereocenters. The van der Waals surface area contributed by atoms with Crippen LogP contribution in [-0.4, -0.2) is 25.7 Å². The predicted octanol–water partition coefficient (Wildman–Crippen LogP) is -0.843. The van der Waals surface area contributed by atoms with Gasteiger partial charge in [-0.15, -0.1) is 0 Å². The first kappa shape index (κ1) is 10.3. The third kappa shape index (κ3) is 4.72. The average Bonchev–Trinajstić information content (AvgIpc) is 2.03. The van der Waals surface area contributed by atoms with Crippen LogP contribution in [0.2, 0.25) is 0 Å². The Morgan fingerprint density at radius 3 is 2.73 bits per heavy atom. The van der Waals surface area contributed by atoms with E-state index >= 15 is 0 Å². The predicted molar refractivity (Wildman–Crippen MR) is 39.4 cm³/mol. The average molecular weight is 162 g/mol. The minimum atomic E-state index is -0.560. The second-order valence-corrected chi connectivity index (χ2v) is 2.14. The third-order valence-corrected chi connectivity index (χ3v) is 1.28. The first-order valence-corrected chi connectivity index (χ1v) is 3.37. The molecule has 66 valence electrons. The normalized spacial score (nSPS) is 12.6. The monoisotopic (exact) mass is 162 g/mol. The lowest BCUT2D eigenvalue weighted by atomic mass is 10.2. The molecule has 0 aliphatic heterocycles. The smallest absolute Gasteiger partial charge is 0.322 e. The SMILES string of the molecule is COC(=O)[C@@H](N)CCCON. The van der Waals surface area contributed by atoms with Crippen molar-refractivity contribution >= 4 is 5.97 Å². The first-order chi connectivity index (χ1) is 5.22. The Morgan fingerprint density at radius 2 is 2.27 bits per heavy atom. The van der Waals surface area contributed by atoms with Crippen LogP contribution in [0.25, 0.3) is 0 Å². The fraction of sp³-hybridized carbons (Fsp3) is 0.833. The molecule has 0 bridgehead atoms. The van der Waals surface area contributed by atoms with Crippen molar-refractivity contribution in [1.29, 1.82) is 0 Å². The van der Waals surface area contributed by atoms with Crippen LogP contribution in [-0.2, 0) is 14.4 Å². The van der Waals surface area contributed by atoms with Gasteiger partial charge in [-0.25, -0.2) is 5.90 Å². The minimum absolute atomic E-state index is 0.401. The molecule has 4 N–H and O–H groups in total. The quantitative estimate of drug-likeness (QED) is 0.312. The zero-order chi connectivity index (χ0) is 8.69. The Labute approximate surface area is 65.6 Å². The summed E-state index contributed by atoms with van der Waals surface area (Å²) in [6.07, 6.45) is 1.19. The standard InChI is InChI=1S/C6H14N2O3/c1-10-6(9)5(7)3-2-4-11-8/h5H,2-4,7-8H2,1H3/t5-/m0/s1. The molecule has 1 atom stereocenters. The van der Waals surface area contributed by atoms with Crippen molar-refractivity contribution in [3.05, 3.63) is 0 Å². The van der Waals surface area contributed by atoms with Gasteiger partial charge in [0.2, 0.25) is 0 Å².